The molecule has 1 amide bonds. The highest BCUT2D eigenvalue weighted by molar-refractivity contribution is 7.09. The molecule has 2 heterocycles. The topological polar surface area (TPSA) is 67.8 Å². The summed E-state index contributed by atoms with van der Waals surface area (Å²) in [5.74, 6) is 1.79. The lowest BCUT2D eigenvalue weighted by atomic mass is 10.1. The predicted octanol–water partition coefficient (Wildman–Crippen LogP) is 3.50. The number of hydrogen-bond donors (Lipinski definition) is 0. The fourth-order valence-electron chi connectivity index (χ4n) is 3.86. The summed E-state index contributed by atoms with van der Waals surface area (Å²) in [5.41, 5.74) is 1.66. The molecule has 0 N–H and O–H groups in total. The summed E-state index contributed by atoms with van der Waals surface area (Å²) in [6, 6.07) is 15.6. The molecule has 1 unspecified atom stereocenters. The van der Waals surface area contributed by atoms with Gasteiger partial charge >= 0.3 is 0 Å². The van der Waals surface area contributed by atoms with E-state index in [4.69, 9.17) is 14.5 Å². The van der Waals surface area contributed by atoms with Crippen LogP contribution in [-0.2, 0) is 6.42 Å². The van der Waals surface area contributed by atoms with Gasteiger partial charge in [0.05, 0.1) is 14.2 Å². The molecule has 1 aliphatic heterocycles. The number of rotatable bonds is 6. The average Bonchev–Trinajstić information content (AvgIpc) is 3.27. The number of piperazine rings is 1. The highest BCUT2D eigenvalue weighted by atomic mass is 32.1. The molecule has 1 fully saturated rings. The van der Waals surface area contributed by atoms with Crippen LogP contribution in [-0.4, -0.2) is 60.1 Å². The molecule has 0 saturated carbocycles. The van der Waals surface area contributed by atoms with Gasteiger partial charge in [-0.3, -0.25) is 4.79 Å². The van der Waals surface area contributed by atoms with Crippen LogP contribution in [0.1, 0.15) is 28.7 Å². The average molecular weight is 439 g/mol. The molecule has 1 atom stereocenters. The Morgan fingerprint density at radius 3 is 2.42 bits per heavy atom. The lowest BCUT2D eigenvalue weighted by Crippen LogP contribution is -2.54. The summed E-state index contributed by atoms with van der Waals surface area (Å²) >= 11 is 1.42. The van der Waals surface area contributed by atoms with Crippen LogP contribution in [0.4, 0.5) is 5.13 Å². The van der Waals surface area contributed by atoms with Crippen molar-refractivity contribution in [2.75, 3.05) is 38.8 Å². The maximum Gasteiger partial charge on any atom is 0.261 e. The summed E-state index contributed by atoms with van der Waals surface area (Å²) in [7, 11) is 3.13. The van der Waals surface area contributed by atoms with Crippen LogP contribution in [0.2, 0.25) is 0 Å². The van der Waals surface area contributed by atoms with Gasteiger partial charge in [0.2, 0.25) is 5.13 Å². The van der Waals surface area contributed by atoms with Crippen molar-refractivity contribution in [3.63, 3.8) is 0 Å². The van der Waals surface area contributed by atoms with Crippen LogP contribution >= 0.6 is 11.5 Å². The number of methoxy groups -OCH3 is 2. The molecule has 0 radical (unpaired) electrons. The normalized spacial score (nSPS) is 16.3. The minimum atomic E-state index is -0.0801. The molecule has 0 aliphatic carbocycles. The molecule has 7 nitrogen and oxygen atoms in total. The zero-order valence-corrected chi connectivity index (χ0v) is 18.8. The molecule has 162 valence electrons. The second-order valence-corrected chi connectivity index (χ2v) is 8.22. The molecule has 1 aliphatic rings. The SMILES string of the molecule is COc1cccc(OC)c1C(=O)N1CCN(c2nc(Cc3ccccc3)ns2)CC1C. The molecule has 31 heavy (non-hydrogen) atoms. The third-order valence-corrected chi connectivity index (χ3v) is 6.28. The fourth-order valence-corrected chi connectivity index (χ4v) is 4.58. The van der Waals surface area contributed by atoms with Crippen molar-refractivity contribution in [2.45, 2.75) is 19.4 Å². The second-order valence-electron chi connectivity index (χ2n) is 7.49. The Kier molecular flexibility index (Phi) is 6.36. The zero-order chi connectivity index (χ0) is 21.8. The number of carbonyl (C=O) groups excluding carboxylic acids is 1. The summed E-state index contributed by atoms with van der Waals surface area (Å²) < 4.78 is 15.4. The van der Waals surface area contributed by atoms with E-state index in [0.717, 1.165) is 17.4 Å². The van der Waals surface area contributed by atoms with Gasteiger partial charge in [0.15, 0.2) is 0 Å². The maximum atomic E-state index is 13.3. The number of nitrogens with zero attached hydrogens (tertiary/aromatic N) is 4. The van der Waals surface area contributed by atoms with E-state index in [2.05, 4.69) is 28.3 Å². The highest BCUT2D eigenvalue weighted by Gasteiger charge is 2.32. The van der Waals surface area contributed by atoms with Crippen molar-refractivity contribution in [1.29, 1.82) is 0 Å². The first-order chi connectivity index (χ1) is 15.1. The smallest absolute Gasteiger partial charge is 0.261 e. The van der Waals surface area contributed by atoms with Gasteiger partial charge in [-0.05, 0) is 24.6 Å². The lowest BCUT2D eigenvalue weighted by Gasteiger charge is -2.39. The first-order valence-electron chi connectivity index (χ1n) is 10.2. The molecular weight excluding hydrogens is 412 g/mol. The van der Waals surface area contributed by atoms with Gasteiger partial charge < -0.3 is 19.3 Å². The van der Waals surface area contributed by atoms with Crippen molar-refractivity contribution in [3.8, 4) is 11.5 Å². The molecule has 4 rings (SSSR count). The van der Waals surface area contributed by atoms with E-state index in [1.165, 1.54) is 17.1 Å². The van der Waals surface area contributed by atoms with Crippen LogP contribution in [0, 0.1) is 0 Å². The van der Waals surface area contributed by atoms with Gasteiger partial charge in [-0.2, -0.15) is 4.37 Å². The van der Waals surface area contributed by atoms with E-state index < -0.39 is 0 Å². The summed E-state index contributed by atoms with van der Waals surface area (Å²) in [6.45, 7) is 4.04. The van der Waals surface area contributed by atoms with E-state index in [1.54, 1.807) is 26.4 Å². The Labute approximate surface area is 186 Å². The zero-order valence-electron chi connectivity index (χ0n) is 17.9. The standard InChI is InChI=1S/C23H26N4O3S/c1-16-15-26(23-24-20(25-31-23)14-17-8-5-4-6-9-17)12-13-27(16)22(28)21-18(29-2)10-7-11-19(21)30-3/h4-11,16H,12-15H2,1-3H3. The quantitative estimate of drug-likeness (QED) is 0.587. The minimum Gasteiger partial charge on any atom is -0.496 e. The number of carbonyl (C=O) groups is 1. The van der Waals surface area contributed by atoms with Crippen molar-refractivity contribution in [1.82, 2.24) is 14.3 Å². The van der Waals surface area contributed by atoms with Gasteiger partial charge in [-0.1, -0.05) is 36.4 Å². The number of hydrogen-bond acceptors (Lipinski definition) is 7. The number of benzene rings is 2. The van der Waals surface area contributed by atoms with Gasteiger partial charge in [-0.25, -0.2) is 4.98 Å². The Hall–Kier alpha value is -3.13. The van der Waals surface area contributed by atoms with Crippen LogP contribution < -0.4 is 14.4 Å². The third kappa shape index (κ3) is 4.49. The predicted molar refractivity (Wildman–Crippen MR) is 121 cm³/mol. The molecule has 0 spiro atoms. The first-order valence-corrected chi connectivity index (χ1v) is 11.0. The highest BCUT2D eigenvalue weighted by Crippen LogP contribution is 2.31. The Balaban J connectivity index is 1.45. The first kappa shape index (κ1) is 21.1. The monoisotopic (exact) mass is 438 g/mol. The number of anilines is 1. The molecular formula is C23H26N4O3S. The molecule has 0 bridgehead atoms. The molecule has 3 aromatic rings. The number of amides is 1. The lowest BCUT2D eigenvalue weighted by molar-refractivity contribution is 0.0667. The van der Waals surface area contributed by atoms with E-state index in [0.29, 0.717) is 36.7 Å². The van der Waals surface area contributed by atoms with Gasteiger partial charge in [0.25, 0.3) is 5.91 Å². The van der Waals surface area contributed by atoms with Crippen molar-refractivity contribution in [3.05, 3.63) is 65.5 Å². The summed E-state index contributed by atoms with van der Waals surface area (Å²) in [5, 5.41) is 0.903. The minimum absolute atomic E-state index is 0.0114. The molecule has 1 aromatic heterocycles. The Bertz CT molecular complexity index is 1020. The summed E-state index contributed by atoms with van der Waals surface area (Å²) in [6.07, 6.45) is 0.721. The van der Waals surface area contributed by atoms with Crippen molar-refractivity contribution in [2.24, 2.45) is 0 Å². The number of ether oxygens (including phenoxy) is 2. The van der Waals surface area contributed by atoms with Gasteiger partial charge in [-0.15, -0.1) is 0 Å². The maximum absolute atomic E-state index is 13.3. The van der Waals surface area contributed by atoms with E-state index in [9.17, 15) is 4.79 Å². The Morgan fingerprint density at radius 2 is 1.77 bits per heavy atom. The van der Waals surface area contributed by atoms with Crippen LogP contribution in [0.5, 0.6) is 11.5 Å². The van der Waals surface area contributed by atoms with Gasteiger partial charge in [0, 0.05) is 43.6 Å². The largest absolute Gasteiger partial charge is 0.496 e. The van der Waals surface area contributed by atoms with Crippen LogP contribution in [0.15, 0.2) is 48.5 Å². The summed E-state index contributed by atoms with van der Waals surface area (Å²) in [4.78, 5) is 22.2. The van der Waals surface area contributed by atoms with Crippen LogP contribution in [0.25, 0.3) is 0 Å². The Morgan fingerprint density at radius 1 is 1.06 bits per heavy atom. The third-order valence-electron chi connectivity index (χ3n) is 5.46. The van der Waals surface area contributed by atoms with Crippen molar-refractivity contribution >= 4 is 22.6 Å². The molecule has 1 saturated heterocycles. The number of aromatic nitrogens is 2. The second kappa shape index (κ2) is 9.34. The molecule has 8 heteroatoms. The van der Waals surface area contributed by atoms with E-state index in [-0.39, 0.29) is 11.9 Å². The fraction of sp³-hybridized carbons (Fsp3) is 0.348. The van der Waals surface area contributed by atoms with Crippen molar-refractivity contribution < 1.29 is 14.3 Å². The molecule has 2 aromatic carbocycles. The van der Waals surface area contributed by atoms with E-state index >= 15 is 0 Å². The van der Waals surface area contributed by atoms with Gasteiger partial charge in [0.1, 0.15) is 22.9 Å². The van der Waals surface area contributed by atoms with E-state index in [1.807, 2.05) is 29.2 Å². The van der Waals surface area contributed by atoms with Crippen LogP contribution in [0.3, 0.4) is 0 Å².